The van der Waals surface area contributed by atoms with Crippen LogP contribution in [0, 0.1) is 10.1 Å². The molecule has 6 rings (SSSR count). The molecule has 0 radical (unpaired) electrons. The summed E-state index contributed by atoms with van der Waals surface area (Å²) in [4.78, 5) is 28.9. The van der Waals surface area contributed by atoms with Crippen molar-refractivity contribution < 1.29 is 18.8 Å². The highest BCUT2D eigenvalue weighted by Gasteiger charge is 2.18. The topological polar surface area (TPSA) is 122 Å². The highest BCUT2D eigenvalue weighted by Crippen LogP contribution is 2.35. The van der Waals surface area contributed by atoms with Crippen LogP contribution in [0.4, 0.5) is 5.69 Å². The van der Waals surface area contributed by atoms with Crippen LogP contribution in [0.15, 0.2) is 99.2 Å². The fraction of sp³-hybridized carbons (Fsp3) is 0.0645. The van der Waals surface area contributed by atoms with Gasteiger partial charge in [-0.15, -0.1) is 0 Å². The molecule has 0 spiro atoms. The number of methoxy groups -OCH3 is 1. The van der Waals surface area contributed by atoms with Crippen molar-refractivity contribution in [1.29, 1.82) is 0 Å². The van der Waals surface area contributed by atoms with E-state index in [2.05, 4.69) is 5.10 Å². The number of fused-ring (bicyclic) bond motifs is 2. The maximum atomic E-state index is 13.7. The molecule has 0 bridgehead atoms. The SMILES string of the molecule is COc1cc(Cl)cc(C=Nn2c(-c3cc4cc(Cl)ccc4o3)nc3ccccc3c2=O)c1OCc1ccc([N+](=O)[O-])cc1. The molecule has 12 heteroatoms. The van der Waals surface area contributed by atoms with Crippen molar-refractivity contribution in [2.75, 3.05) is 7.11 Å². The first kappa shape index (κ1) is 28.0. The third kappa shape index (κ3) is 5.66. The number of nitro groups is 1. The Morgan fingerprint density at radius 2 is 1.81 bits per heavy atom. The summed E-state index contributed by atoms with van der Waals surface area (Å²) in [7, 11) is 1.47. The smallest absolute Gasteiger partial charge is 0.282 e. The van der Waals surface area contributed by atoms with E-state index in [1.165, 1.54) is 25.5 Å². The molecule has 0 saturated heterocycles. The van der Waals surface area contributed by atoms with Gasteiger partial charge >= 0.3 is 0 Å². The maximum absolute atomic E-state index is 13.7. The van der Waals surface area contributed by atoms with Gasteiger partial charge in [0.05, 0.1) is 29.2 Å². The second-order valence-electron chi connectivity index (χ2n) is 9.35. The molecule has 10 nitrogen and oxygen atoms in total. The molecular formula is C31H20Cl2N4O6. The molecule has 0 aliphatic carbocycles. The minimum Gasteiger partial charge on any atom is -0.493 e. The van der Waals surface area contributed by atoms with Crippen LogP contribution < -0.4 is 15.0 Å². The van der Waals surface area contributed by atoms with Gasteiger partial charge in [-0.2, -0.15) is 9.78 Å². The van der Waals surface area contributed by atoms with Gasteiger partial charge in [-0.25, -0.2) is 4.98 Å². The summed E-state index contributed by atoms with van der Waals surface area (Å²) in [6.45, 7) is 0.0705. The summed E-state index contributed by atoms with van der Waals surface area (Å²) < 4.78 is 18.8. The van der Waals surface area contributed by atoms with E-state index in [0.717, 1.165) is 10.1 Å². The fourth-order valence-corrected chi connectivity index (χ4v) is 4.89. The first-order valence-corrected chi connectivity index (χ1v) is 13.6. The number of rotatable bonds is 8. The van der Waals surface area contributed by atoms with Crippen molar-refractivity contribution in [2.45, 2.75) is 6.61 Å². The van der Waals surface area contributed by atoms with Gasteiger partial charge in [0.2, 0.25) is 5.82 Å². The van der Waals surface area contributed by atoms with Gasteiger partial charge < -0.3 is 13.9 Å². The van der Waals surface area contributed by atoms with Crippen molar-refractivity contribution in [3.05, 3.63) is 127 Å². The monoisotopic (exact) mass is 614 g/mol. The number of hydrogen-bond acceptors (Lipinski definition) is 8. The van der Waals surface area contributed by atoms with E-state index in [0.29, 0.717) is 54.9 Å². The van der Waals surface area contributed by atoms with Crippen LogP contribution >= 0.6 is 23.2 Å². The molecular weight excluding hydrogens is 595 g/mol. The van der Waals surface area contributed by atoms with E-state index in [1.54, 1.807) is 72.8 Å². The Labute approximate surface area is 253 Å². The van der Waals surface area contributed by atoms with Crippen molar-refractivity contribution in [3.63, 3.8) is 0 Å². The van der Waals surface area contributed by atoms with Crippen molar-refractivity contribution in [1.82, 2.24) is 9.66 Å². The van der Waals surface area contributed by atoms with Crippen LogP contribution in [0.2, 0.25) is 10.0 Å². The Hall–Kier alpha value is -5.19. The standard InChI is InChI=1S/C31H20Cl2N4O6/c1-41-27-15-22(33)13-20(29(27)42-17-18-6-9-23(10-7-18)37(39)40)16-34-36-30(35-25-5-3-2-4-24(25)31(36)38)28-14-19-12-21(32)8-11-26(19)43-28/h2-16H,17H2,1H3. The first-order valence-electron chi connectivity index (χ1n) is 12.8. The lowest BCUT2D eigenvalue weighted by Crippen LogP contribution is -2.20. The summed E-state index contributed by atoms with van der Waals surface area (Å²) in [5.74, 6) is 1.12. The van der Waals surface area contributed by atoms with E-state index in [4.69, 9.17) is 42.1 Å². The number of halogens is 2. The number of hydrogen-bond donors (Lipinski definition) is 0. The third-order valence-electron chi connectivity index (χ3n) is 6.56. The van der Waals surface area contributed by atoms with Crippen LogP contribution in [0.1, 0.15) is 11.1 Å². The molecule has 2 heterocycles. The van der Waals surface area contributed by atoms with Gasteiger partial charge in [-0.05, 0) is 60.2 Å². The van der Waals surface area contributed by atoms with E-state index >= 15 is 0 Å². The lowest BCUT2D eigenvalue weighted by Gasteiger charge is -2.14. The lowest BCUT2D eigenvalue weighted by molar-refractivity contribution is -0.384. The van der Waals surface area contributed by atoms with Crippen molar-refractivity contribution in [2.24, 2.45) is 5.10 Å². The van der Waals surface area contributed by atoms with E-state index in [-0.39, 0.29) is 18.1 Å². The molecule has 43 heavy (non-hydrogen) atoms. The Bertz CT molecular complexity index is 2100. The van der Waals surface area contributed by atoms with Gasteiger partial charge in [-0.3, -0.25) is 14.9 Å². The average molecular weight is 615 g/mol. The highest BCUT2D eigenvalue weighted by atomic mass is 35.5. The minimum atomic E-state index is -0.472. The van der Waals surface area contributed by atoms with Crippen LogP contribution in [-0.2, 0) is 6.61 Å². The zero-order valence-corrected chi connectivity index (χ0v) is 23.9. The second kappa shape index (κ2) is 11.6. The van der Waals surface area contributed by atoms with Crippen molar-refractivity contribution in [3.8, 4) is 23.1 Å². The summed E-state index contributed by atoms with van der Waals surface area (Å²) in [6.07, 6.45) is 1.42. The Kier molecular flexibility index (Phi) is 7.54. The molecule has 4 aromatic carbocycles. The Morgan fingerprint density at radius 1 is 1.02 bits per heavy atom. The van der Waals surface area contributed by atoms with Gasteiger partial charge in [0.15, 0.2) is 17.3 Å². The Balaban J connectivity index is 1.44. The average Bonchev–Trinajstić information content (AvgIpc) is 3.43. The normalized spacial score (nSPS) is 11.4. The predicted octanol–water partition coefficient (Wildman–Crippen LogP) is 7.49. The van der Waals surface area contributed by atoms with Crippen molar-refractivity contribution >= 4 is 57.0 Å². The zero-order chi connectivity index (χ0) is 30.1. The van der Waals surface area contributed by atoms with Gasteiger partial charge in [0.1, 0.15) is 12.2 Å². The van der Waals surface area contributed by atoms with Gasteiger partial charge in [0.25, 0.3) is 11.2 Å². The number of para-hydroxylation sites is 1. The molecule has 2 aromatic heterocycles. The molecule has 214 valence electrons. The van der Waals surface area contributed by atoms with Gasteiger partial charge in [-0.1, -0.05) is 35.3 Å². The number of nitro benzene ring substituents is 1. The summed E-state index contributed by atoms with van der Waals surface area (Å²) in [5, 5.41) is 17.5. The minimum absolute atomic E-state index is 0.0292. The number of ether oxygens (including phenoxy) is 2. The van der Waals surface area contributed by atoms with Crippen LogP contribution in [-0.4, -0.2) is 27.9 Å². The van der Waals surface area contributed by atoms with E-state index in [9.17, 15) is 14.9 Å². The molecule has 0 fully saturated rings. The number of benzene rings is 4. The molecule has 6 aromatic rings. The number of aromatic nitrogens is 2. The summed E-state index contributed by atoms with van der Waals surface area (Å²) in [5.41, 5.74) is 1.69. The molecule has 0 saturated carbocycles. The summed E-state index contributed by atoms with van der Waals surface area (Å²) in [6, 6.07) is 23.1. The van der Waals surface area contributed by atoms with Gasteiger partial charge in [0, 0.05) is 39.2 Å². The number of nitrogens with zero attached hydrogens (tertiary/aromatic N) is 4. The lowest BCUT2D eigenvalue weighted by atomic mass is 10.2. The fourth-order valence-electron chi connectivity index (χ4n) is 4.49. The molecule has 0 unspecified atom stereocenters. The molecule has 0 aliphatic rings. The predicted molar refractivity (Wildman–Crippen MR) is 165 cm³/mol. The molecule has 0 aliphatic heterocycles. The molecule has 0 atom stereocenters. The first-order chi connectivity index (χ1) is 20.8. The largest absolute Gasteiger partial charge is 0.493 e. The van der Waals surface area contributed by atoms with E-state index in [1.807, 2.05) is 0 Å². The highest BCUT2D eigenvalue weighted by molar-refractivity contribution is 6.31. The van der Waals surface area contributed by atoms with E-state index < -0.39 is 10.5 Å². The Morgan fingerprint density at radius 3 is 2.58 bits per heavy atom. The summed E-state index contributed by atoms with van der Waals surface area (Å²) >= 11 is 12.5. The third-order valence-corrected chi connectivity index (χ3v) is 7.02. The quantitative estimate of drug-likeness (QED) is 0.0988. The molecule has 0 N–H and O–H groups in total. The molecule has 0 amide bonds. The second-order valence-corrected chi connectivity index (χ2v) is 10.2. The number of furan rings is 1. The van der Waals surface area contributed by atoms with Crippen LogP contribution in [0.25, 0.3) is 33.5 Å². The maximum Gasteiger partial charge on any atom is 0.282 e. The zero-order valence-electron chi connectivity index (χ0n) is 22.4. The van der Waals surface area contributed by atoms with Crippen LogP contribution in [0.3, 0.4) is 0 Å². The number of non-ortho nitro benzene ring substituents is 1. The van der Waals surface area contributed by atoms with Crippen LogP contribution in [0.5, 0.6) is 11.5 Å².